The quantitative estimate of drug-likeness (QED) is 0.298. The van der Waals surface area contributed by atoms with Gasteiger partial charge in [-0.3, -0.25) is 4.79 Å². The Kier molecular flexibility index (Phi) is 7.24. The van der Waals surface area contributed by atoms with Gasteiger partial charge >= 0.3 is 0 Å². The number of phenolic OH excluding ortho intramolecular Hbond substituents is 1. The van der Waals surface area contributed by atoms with Crippen molar-refractivity contribution in [3.05, 3.63) is 40.6 Å². The second-order valence-electron chi connectivity index (χ2n) is 7.96. The number of ether oxygens (including phenoxy) is 5. The molecular weight excluding hydrogens is 480 g/mol. The summed E-state index contributed by atoms with van der Waals surface area (Å²) < 4.78 is 32.7. The Hall–Kier alpha value is -3.55. The van der Waals surface area contributed by atoms with Crippen LogP contribution in [0.15, 0.2) is 39.5 Å². The van der Waals surface area contributed by atoms with Gasteiger partial charge in [-0.2, -0.15) is 0 Å². The van der Waals surface area contributed by atoms with Gasteiger partial charge in [0.15, 0.2) is 28.8 Å². The molecule has 5 N–H and O–H groups in total. The molecule has 1 fully saturated rings. The zero-order valence-corrected chi connectivity index (χ0v) is 19.6. The molecule has 2 heterocycles. The van der Waals surface area contributed by atoms with Gasteiger partial charge in [-0.15, -0.1) is 0 Å². The first kappa shape index (κ1) is 25.5. The molecule has 1 aromatic heterocycles. The highest BCUT2D eigenvalue weighted by atomic mass is 16.7. The molecule has 12 nitrogen and oxygen atoms in total. The highest BCUT2D eigenvalue weighted by Crippen LogP contribution is 2.40. The lowest BCUT2D eigenvalue weighted by Gasteiger charge is -2.39. The van der Waals surface area contributed by atoms with Crippen LogP contribution in [0, 0.1) is 0 Å². The molecule has 0 saturated carbocycles. The Morgan fingerprint density at radius 2 is 1.58 bits per heavy atom. The average Bonchev–Trinajstić information content (AvgIpc) is 2.89. The molecule has 2 aromatic carbocycles. The van der Waals surface area contributed by atoms with Crippen LogP contribution in [0.1, 0.15) is 0 Å². The Labute approximate surface area is 204 Å². The number of methoxy groups -OCH3 is 3. The molecule has 1 saturated heterocycles. The molecule has 4 rings (SSSR count). The zero-order chi connectivity index (χ0) is 26.1. The fourth-order valence-electron chi connectivity index (χ4n) is 3.97. The lowest BCUT2D eigenvalue weighted by atomic mass is 9.99. The minimum atomic E-state index is -1.62. The van der Waals surface area contributed by atoms with Gasteiger partial charge in [0.05, 0.1) is 27.9 Å². The molecule has 1 aliphatic rings. The van der Waals surface area contributed by atoms with Crippen molar-refractivity contribution in [2.75, 3.05) is 27.9 Å². The zero-order valence-electron chi connectivity index (χ0n) is 19.6. The monoisotopic (exact) mass is 506 g/mol. The summed E-state index contributed by atoms with van der Waals surface area (Å²) in [5, 5.41) is 49.9. The lowest BCUT2D eigenvalue weighted by molar-refractivity contribution is -0.277. The molecule has 36 heavy (non-hydrogen) atoms. The van der Waals surface area contributed by atoms with Gasteiger partial charge in [0.25, 0.3) is 0 Å². The van der Waals surface area contributed by atoms with E-state index in [0.717, 1.165) is 0 Å². The third-order valence-electron chi connectivity index (χ3n) is 5.90. The molecule has 5 unspecified atom stereocenters. The van der Waals surface area contributed by atoms with Crippen molar-refractivity contribution in [2.24, 2.45) is 0 Å². The van der Waals surface area contributed by atoms with E-state index >= 15 is 0 Å². The molecule has 194 valence electrons. The van der Waals surface area contributed by atoms with E-state index in [1.165, 1.54) is 51.7 Å². The summed E-state index contributed by atoms with van der Waals surface area (Å²) in [5.41, 5.74) is -0.167. The van der Waals surface area contributed by atoms with E-state index in [-0.39, 0.29) is 45.5 Å². The van der Waals surface area contributed by atoms with E-state index in [1.54, 1.807) is 0 Å². The van der Waals surface area contributed by atoms with Gasteiger partial charge in [-0.1, -0.05) is 0 Å². The molecule has 3 aromatic rings. The summed E-state index contributed by atoms with van der Waals surface area (Å²) in [7, 11) is 4.00. The molecule has 0 aliphatic carbocycles. The predicted molar refractivity (Wildman–Crippen MR) is 124 cm³/mol. The Balaban J connectivity index is 1.74. The highest BCUT2D eigenvalue weighted by Gasteiger charge is 2.45. The fourth-order valence-corrected chi connectivity index (χ4v) is 3.97. The van der Waals surface area contributed by atoms with E-state index in [9.17, 15) is 30.3 Å². The summed E-state index contributed by atoms with van der Waals surface area (Å²) in [4.78, 5) is 13.1. The van der Waals surface area contributed by atoms with Crippen LogP contribution in [-0.2, 0) is 4.74 Å². The van der Waals surface area contributed by atoms with Gasteiger partial charge < -0.3 is 53.6 Å². The third-order valence-corrected chi connectivity index (χ3v) is 5.90. The number of rotatable bonds is 7. The molecular formula is C24H26O12. The van der Waals surface area contributed by atoms with Crippen LogP contribution in [0.5, 0.6) is 28.7 Å². The second kappa shape index (κ2) is 10.2. The third kappa shape index (κ3) is 4.29. The number of fused-ring (bicyclic) bond motifs is 1. The van der Waals surface area contributed by atoms with Crippen molar-refractivity contribution in [1.29, 1.82) is 0 Å². The van der Waals surface area contributed by atoms with Crippen molar-refractivity contribution in [3.8, 4) is 40.1 Å². The number of aromatic hydroxyl groups is 1. The van der Waals surface area contributed by atoms with Crippen molar-refractivity contribution in [1.82, 2.24) is 0 Å². The maximum atomic E-state index is 13.1. The number of hydrogen-bond donors (Lipinski definition) is 5. The number of phenols is 1. The Bertz CT molecular complexity index is 1300. The maximum absolute atomic E-state index is 13.1. The average molecular weight is 506 g/mol. The molecule has 5 atom stereocenters. The normalized spacial score (nSPS) is 23.9. The molecule has 12 heteroatoms. The first-order chi connectivity index (χ1) is 17.2. The molecule has 1 aliphatic heterocycles. The van der Waals surface area contributed by atoms with Crippen LogP contribution < -0.4 is 24.4 Å². The van der Waals surface area contributed by atoms with Gasteiger partial charge in [0, 0.05) is 5.56 Å². The number of aliphatic hydroxyl groups excluding tert-OH is 4. The van der Waals surface area contributed by atoms with Crippen LogP contribution in [0.25, 0.3) is 22.3 Å². The van der Waals surface area contributed by atoms with E-state index in [2.05, 4.69) is 0 Å². The van der Waals surface area contributed by atoms with Crippen molar-refractivity contribution in [2.45, 2.75) is 30.7 Å². The summed E-state index contributed by atoms with van der Waals surface area (Å²) in [6.07, 6.45) is -7.33. The minimum Gasteiger partial charge on any atom is -0.504 e. The van der Waals surface area contributed by atoms with E-state index in [0.29, 0.717) is 5.56 Å². The molecule has 0 spiro atoms. The SMILES string of the molecule is COc1cc(-c2oc3ccc(OC)c(O)c3c(=O)c2OC)ccc1OC1OC(CO)C(O)C(O)C1O. The van der Waals surface area contributed by atoms with E-state index in [1.807, 2.05) is 0 Å². The standard InChI is InChI=1S/C24H26O12/c1-31-13-7-6-12-16(17(13)26)19(28)23(33-3)22(34-12)10-4-5-11(14(8-10)32-2)35-24-21(30)20(29)18(27)15(9-25)36-24/h4-8,15,18,20-21,24-27,29-30H,9H2,1-3H3. The predicted octanol–water partition coefficient (Wildman–Crippen LogP) is 0.370. The number of hydrogen-bond acceptors (Lipinski definition) is 12. The summed E-state index contributed by atoms with van der Waals surface area (Å²) in [6, 6.07) is 7.39. The fraction of sp³-hybridized carbons (Fsp3) is 0.375. The van der Waals surface area contributed by atoms with Crippen LogP contribution in [0.3, 0.4) is 0 Å². The van der Waals surface area contributed by atoms with Gasteiger partial charge in [0.1, 0.15) is 35.4 Å². The van der Waals surface area contributed by atoms with Crippen LogP contribution in [-0.4, -0.2) is 84.2 Å². The van der Waals surface area contributed by atoms with E-state index in [4.69, 9.17) is 28.1 Å². The maximum Gasteiger partial charge on any atom is 0.239 e. The minimum absolute atomic E-state index is 0.0530. The Morgan fingerprint density at radius 1 is 0.889 bits per heavy atom. The summed E-state index contributed by atoms with van der Waals surface area (Å²) in [6.45, 7) is -0.608. The molecule has 0 amide bonds. The first-order valence-electron chi connectivity index (χ1n) is 10.8. The van der Waals surface area contributed by atoms with Crippen molar-refractivity contribution < 1.29 is 53.6 Å². The highest BCUT2D eigenvalue weighted by molar-refractivity contribution is 5.89. The van der Waals surface area contributed by atoms with Gasteiger partial charge in [-0.05, 0) is 30.3 Å². The Morgan fingerprint density at radius 3 is 2.22 bits per heavy atom. The van der Waals surface area contributed by atoms with Crippen LogP contribution >= 0.6 is 0 Å². The molecule has 0 bridgehead atoms. The summed E-state index contributed by atoms with van der Waals surface area (Å²) >= 11 is 0. The number of benzene rings is 2. The van der Waals surface area contributed by atoms with Crippen molar-refractivity contribution in [3.63, 3.8) is 0 Å². The lowest BCUT2D eigenvalue weighted by Crippen LogP contribution is -2.60. The van der Waals surface area contributed by atoms with Gasteiger partial charge in [-0.25, -0.2) is 0 Å². The van der Waals surface area contributed by atoms with Crippen LogP contribution in [0.2, 0.25) is 0 Å². The topological polar surface area (TPSA) is 178 Å². The van der Waals surface area contributed by atoms with E-state index < -0.39 is 42.7 Å². The summed E-state index contributed by atoms with van der Waals surface area (Å²) in [5.74, 6) is -0.162. The smallest absolute Gasteiger partial charge is 0.239 e. The van der Waals surface area contributed by atoms with Gasteiger partial charge in [0.2, 0.25) is 17.5 Å². The largest absolute Gasteiger partial charge is 0.504 e. The second-order valence-corrected chi connectivity index (χ2v) is 7.96. The number of aliphatic hydroxyl groups is 4. The molecule has 0 radical (unpaired) electrons. The van der Waals surface area contributed by atoms with Crippen molar-refractivity contribution >= 4 is 11.0 Å². The first-order valence-corrected chi connectivity index (χ1v) is 10.8. The van der Waals surface area contributed by atoms with Crippen LogP contribution in [0.4, 0.5) is 0 Å².